The topological polar surface area (TPSA) is 152 Å². The number of nitrogens with zero attached hydrogens (tertiary/aromatic N) is 1. The third-order valence-corrected chi connectivity index (χ3v) is 8.60. The summed E-state index contributed by atoms with van der Waals surface area (Å²) in [6.07, 6.45) is -7.99. The number of amides is 3. The Morgan fingerprint density at radius 3 is 2.09 bits per heavy atom. The first-order valence-electron chi connectivity index (χ1n) is 14.2. The Balaban J connectivity index is 1.90. The minimum absolute atomic E-state index is 0.00134. The fourth-order valence-electron chi connectivity index (χ4n) is 4.24. The second kappa shape index (κ2) is 12.9. The summed E-state index contributed by atoms with van der Waals surface area (Å²) in [7, 11) is -4.25. The highest BCUT2D eigenvalue weighted by Gasteiger charge is 2.51. The molecule has 0 saturated heterocycles. The summed E-state index contributed by atoms with van der Waals surface area (Å²) >= 11 is 0. The molecule has 0 aliphatic carbocycles. The number of ether oxygens (including phenoxy) is 3. The van der Waals surface area contributed by atoms with Crippen LogP contribution in [-0.2, 0) is 24.3 Å². The highest BCUT2D eigenvalue weighted by Crippen LogP contribution is 2.41. The number of alkyl halides is 3. The van der Waals surface area contributed by atoms with Gasteiger partial charge in [0, 0.05) is 11.1 Å². The monoisotopic (exact) mass is 672 g/mol. The zero-order valence-electron chi connectivity index (χ0n) is 26.8. The predicted octanol–water partition coefficient (Wildman–Crippen LogP) is 5.81. The standard InChI is InChI=1S/C30H39F3N4O8S/c1-18-9-12-21(13-10-18)46(41,42)37-17-20(16-28(5,6)24(38)35-36-26(40)44-27(2,3)4)43-23-14-11-19(15-22(23)37)34-25(39)45-29(7,8)30(31,32)33/h9-15,20H,16-17H2,1-8H3,(H,34,39)(H,35,38)(H,36,40). The lowest BCUT2D eigenvalue weighted by Gasteiger charge is -2.38. The molecule has 3 amide bonds. The Morgan fingerprint density at radius 2 is 1.52 bits per heavy atom. The molecule has 3 N–H and O–H groups in total. The van der Waals surface area contributed by atoms with Crippen molar-refractivity contribution in [3.8, 4) is 5.75 Å². The van der Waals surface area contributed by atoms with E-state index < -0.39 is 57.0 Å². The maximum Gasteiger partial charge on any atom is 0.427 e. The number of nitrogens with one attached hydrogen (secondary N) is 3. The van der Waals surface area contributed by atoms with Gasteiger partial charge in [-0.2, -0.15) is 13.2 Å². The molecule has 1 unspecified atom stereocenters. The fourth-order valence-corrected chi connectivity index (χ4v) is 5.74. The molecule has 1 aliphatic rings. The van der Waals surface area contributed by atoms with Gasteiger partial charge in [-0.1, -0.05) is 31.5 Å². The van der Waals surface area contributed by atoms with E-state index in [1.165, 1.54) is 30.3 Å². The van der Waals surface area contributed by atoms with Gasteiger partial charge < -0.3 is 14.2 Å². The Bertz CT molecular complexity index is 1570. The first-order chi connectivity index (χ1) is 20.9. The van der Waals surface area contributed by atoms with E-state index in [0.29, 0.717) is 13.8 Å². The number of rotatable bonds is 7. The van der Waals surface area contributed by atoms with Crippen molar-refractivity contribution in [2.75, 3.05) is 16.2 Å². The van der Waals surface area contributed by atoms with Gasteiger partial charge in [0.05, 0.1) is 17.1 Å². The molecular weight excluding hydrogens is 633 g/mol. The molecular formula is C30H39F3N4O8S. The molecule has 16 heteroatoms. The zero-order chi connectivity index (χ0) is 34.9. The number of carbonyl (C=O) groups excluding carboxylic acids is 3. The number of aryl methyl sites for hydroxylation is 1. The minimum Gasteiger partial charge on any atom is -0.486 e. The molecule has 0 radical (unpaired) electrons. The van der Waals surface area contributed by atoms with E-state index in [2.05, 4.69) is 20.9 Å². The van der Waals surface area contributed by atoms with Crippen LogP contribution in [-0.4, -0.2) is 56.5 Å². The molecule has 2 aromatic carbocycles. The van der Waals surface area contributed by atoms with E-state index in [9.17, 15) is 36.0 Å². The summed E-state index contributed by atoms with van der Waals surface area (Å²) < 4.78 is 84.3. The first kappa shape index (κ1) is 36.3. The molecule has 1 heterocycles. The number of hydrazine groups is 1. The summed E-state index contributed by atoms with van der Waals surface area (Å²) in [6, 6.07) is 9.98. The van der Waals surface area contributed by atoms with E-state index in [-0.39, 0.29) is 35.0 Å². The van der Waals surface area contributed by atoms with E-state index in [0.717, 1.165) is 9.87 Å². The van der Waals surface area contributed by atoms with E-state index >= 15 is 0 Å². The van der Waals surface area contributed by atoms with Gasteiger partial charge in [-0.25, -0.2) is 23.4 Å². The molecule has 0 spiro atoms. The van der Waals surface area contributed by atoms with E-state index in [4.69, 9.17) is 9.47 Å². The average molecular weight is 673 g/mol. The summed E-state index contributed by atoms with van der Waals surface area (Å²) in [5, 5.41) is 2.21. The van der Waals surface area contributed by atoms with Crippen LogP contribution in [0.25, 0.3) is 0 Å². The Hall–Kier alpha value is -4.21. The summed E-state index contributed by atoms with van der Waals surface area (Å²) in [5.74, 6) is -0.523. The smallest absolute Gasteiger partial charge is 0.427 e. The van der Waals surface area contributed by atoms with Crippen LogP contribution in [0.2, 0.25) is 0 Å². The van der Waals surface area contributed by atoms with Gasteiger partial charge in [0.1, 0.15) is 17.5 Å². The van der Waals surface area contributed by atoms with Crippen molar-refractivity contribution < 1.29 is 50.2 Å². The summed E-state index contributed by atoms with van der Waals surface area (Å²) in [5.41, 5.74) is 0.481. The fraction of sp³-hybridized carbons (Fsp3) is 0.500. The van der Waals surface area contributed by atoms with E-state index in [1.54, 1.807) is 53.7 Å². The van der Waals surface area contributed by atoms with Crippen molar-refractivity contribution in [1.29, 1.82) is 0 Å². The van der Waals surface area contributed by atoms with Crippen molar-refractivity contribution in [3.05, 3.63) is 48.0 Å². The number of halogens is 3. The number of hydrogen-bond acceptors (Lipinski definition) is 8. The molecule has 0 aromatic heterocycles. The normalized spacial score (nSPS) is 15.6. The van der Waals surface area contributed by atoms with Gasteiger partial charge >= 0.3 is 18.4 Å². The third-order valence-electron chi connectivity index (χ3n) is 6.81. The molecule has 12 nitrogen and oxygen atoms in total. The highest BCUT2D eigenvalue weighted by atomic mass is 32.2. The second-order valence-corrected chi connectivity index (χ2v) is 14.8. The van der Waals surface area contributed by atoms with Crippen LogP contribution in [0.1, 0.15) is 60.5 Å². The van der Waals surface area contributed by atoms with Crippen molar-refractivity contribution in [3.63, 3.8) is 0 Å². The van der Waals surface area contributed by atoms with Crippen molar-refractivity contribution in [1.82, 2.24) is 10.9 Å². The van der Waals surface area contributed by atoms with Gasteiger partial charge in [-0.05, 0) is 78.3 Å². The van der Waals surface area contributed by atoms with Crippen molar-refractivity contribution >= 4 is 39.5 Å². The maximum absolute atomic E-state index is 13.9. The molecule has 0 fully saturated rings. The Kier molecular flexibility index (Phi) is 10.2. The van der Waals surface area contributed by atoms with Gasteiger partial charge in [0.25, 0.3) is 10.0 Å². The number of carbonyl (C=O) groups is 3. The SMILES string of the molecule is Cc1ccc(S(=O)(=O)N2CC(CC(C)(C)C(=O)NNC(=O)OC(C)(C)C)Oc3ccc(NC(=O)OC(C)(C)C(F)(F)F)cc32)cc1. The van der Waals surface area contributed by atoms with Crippen LogP contribution in [0.15, 0.2) is 47.4 Å². The zero-order valence-corrected chi connectivity index (χ0v) is 27.6. The molecule has 2 aromatic rings. The molecule has 254 valence electrons. The first-order valence-corrected chi connectivity index (χ1v) is 15.6. The van der Waals surface area contributed by atoms with Crippen molar-refractivity contribution in [2.24, 2.45) is 5.41 Å². The number of anilines is 2. The number of fused-ring (bicyclic) bond motifs is 1. The van der Waals surface area contributed by atoms with Gasteiger partial charge in [-0.15, -0.1) is 0 Å². The van der Waals surface area contributed by atoms with Gasteiger partial charge in [0.2, 0.25) is 11.5 Å². The van der Waals surface area contributed by atoms with Crippen LogP contribution < -0.4 is 25.2 Å². The Morgan fingerprint density at radius 1 is 0.913 bits per heavy atom. The largest absolute Gasteiger partial charge is 0.486 e. The number of hydrogen-bond donors (Lipinski definition) is 3. The molecule has 1 aliphatic heterocycles. The van der Waals surface area contributed by atoms with Crippen LogP contribution >= 0.6 is 0 Å². The predicted molar refractivity (Wildman–Crippen MR) is 163 cm³/mol. The molecule has 0 saturated carbocycles. The second-order valence-electron chi connectivity index (χ2n) is 13.0. The molecule has 46 heavy (non-hydrogen) atoms. The quantitative estimate of drug-likeness (QED) is 0.312. The van der Waals surface area contributed by atoms with Gasteiger partial charge in [-0.3, -0.25) is 19.8 Å². The summed E-state index contributed by atoms with van der Waals surface area (Å²) in [6.45, 7) is 11.0. The average Bonchev–Trinajstić information content (AvgIpc) is 2.89. The van der Waals surface area contributed by atoms with Crippen molar-refractivity contribution in [2.45, 2.75) is 90.2 Å². The molecule has 0 bridgehead atoms. The van der Waals surface area contributed by atoms with Crippen LogP contribution in [0, 0.1) is 12.3 Å². The lowest BCUT2D eigenvalue weighted by Crippen LogP contribution is -2.51. The third kappa shape index (κ3) is 8.95. The summed E-state index contributed by atoms with van der Waals surface area (Å²) in [4.78, 5) is 37.3. The number of sulfonamides is 1. The number of benzene rings is 2. The van der Waals surface area contributed by atoms with Crippen LogP contribution in [0.3, 0.4) is 0 Å². The van der Waals surface area contributed by atoms with E-state index in [1.807, 2.05) is 0 Å². The van der Waals surface area contributed by atoms with Crippen LogP contribution in [0.5, 0.6) is 5.75 Å². The highest BCUT2D eigenvalue weighted by molar-refractivity contribution is 7.92. The maximum atomic E-state index is 13.9. The minimum atomic E-state index is -4.83. The van der Waals surface area contributed by atoms with Gasteiger partial charge in [0.15, 0.2) is 0 Å². The lowest BCUT2D eigenvalue weighted by molar-refractivity contribution is -0.242. The molecule has 3 rings (SSSR count). The van der Waals surface area contributed by atoms with Crippen LogP contribution in [0.4, 0.5) is 34.1 Å². The molecule has 1 atom stereocenters. The Labute approximate surface area is 266 Å². The lowest BCUT2D eigenvalue weighted by atomic mass is 9.85.